The number of aromatic hydroxyl groups is 1. The predicted octanol–water partition coefficient (Wildman–Crippen LogP) is 7.66. The molecule has 0 fully saturated rings. The summed E-state index contributed by atoms with van der Waals surface area (Å²) in [6.07, 6.45) is 3.86. The van der Waals surface area contributed by atoms with Gasteiger partial charge in [-0.05, 0) is 118 Å². The molecule has 6 bridgehead atoms. The lowest BCUT2D eigenvalue weighted by Crippen LogP contribution is -2.57. The first-order valence-electron chi connectivity index (χ1n) is 24.1. The molecule has 3 aromatic rings. The number of phenols is 1. The van der Waals surface area contributed by atoms with Gasteiger partial charge in [-0.25, -0.2) is 0 Å². The van der Waals surface area contributed by atoms with E-state index in [2.05, 4.69) is 48.6 Å². The van der Waals surface area contributed by atoms with Crippen LogP contribution >= 0.6 is 23.2 Å². The van der Waals surface area contributed by atoms with Gasteiger partial charge in [-0.3, -0.25) is 24.0 Å². The number of phenolic OH excluding ortho intramolecular Hbond substituents is 1. The summed E-state index contributed by atoms with van der Waals surface area (Å²) in [6.45, 7) is 8.63. The summed E-state index contributed by atoms with van der Waals surface area (Å²) < 4.78 is 12.5. The average Bonchev–Trinajstić information content (AvgIpc) is 3.41. The Balaban J connectivity index is 1.59. The molecular formula is C52H56Cl2N10O13. The molecule has 0 radical (unpaired) electrons. The van der Waals surface area contributed by atoms with Crippen molar-refractivity contribution in [3.63, 3.8) is 0 Å². The highest BCUT2D eigenvalue weighted by Crippen LogP contribution is 2.45. The van der Waals surface area contributed by atoms with Gasteiger partial charge in [0.15, 0.2) is 23.4 Å². The molecular weight excluding hydrogens is 1040 g/mol. The van der Waals surface area contributed by atoms with E-state index in [9.17, 15) is 53.5 Å². The molecule has 7 atom stereocenters. The van der Waals surface area contributed by atoms with Crippen LogP contribution in [-0.4, -0.2) is 89.3 Å². The summed E-state index contributed by atoms with van der Waals surface area (Å²) in [5, 5.41) is 33.1. The lowest BCUT2D eigenvalue weighted by atomic mass is 9.93. The van der Waals surface area contributed by atoms with E-state index in [1.54, 1.807) is 6.92 Å². The van der Waals surface area contributed by atoms with Crippen LogP contribution in [-0.2, 0) is 35.2 Å². The van der Waals surface area contributed by atoms with E-state index in [-0.39, 0.29) is 93.8 Å². The highest BCUT2D eigenvalue weighted by molar-refractivity contribution is 6.32. The fraction of sp³-hybridized carbons (Fsp3) is 0.346. The second kappa shape index (κ2) is 28.6. The molecule has 6 unspecified atom stereocenters. The number of halogens is 2. The Morgan fingerprint density at radius 2 is 1.69 bits per heavy atom. The number of fused-ring (bicyclic) bond motifs is 11. The Morgan fingerprint density at radius 1 is 0.948 bits per heavy atom. The van der Waals surface area contributed by atoms with Crippen molar-refractivity contribution in [3.8, 4) is 23.0 Å². The maximum Gasteiger partial charge on any atom is 0.246 e. The molecule has 0 saturated carbocycles. The Labute approximate surface area is 451 Å². The maximum absolute atomic E-state index is 14.3. The number of nitroso groups, excluding NO2 is 4. The molecule has 0 aliphatic carbocycles. The second-order valence-corrected chi connectivity index (χ2v) is 18.2. The molecule has 7 N–H and O–H groups in total. The van der Waals surface area contributed by atoms with Crippen LogP contribution in [0.25, 0.3) is 5.57 Å². The van der Waals surface area contributed by atoms with Gasteiger partial charge in [-0.15, -0.1) is 14.7 Å². The Hall–Kier alpha value is -8.28. The number of unbranched alkanes of at least 4 members (excludes halogenated alkanes) is 1. The zero-order valence-corrected chi connectivity index (χ0v) is 43.5. The SMILES string of the molecule is C=C1/C(=C\C=C\N=O)C(N=O)NC(=O)[C@H](C/C(C=CCl)=C/C(C)Oc2cc3cc(c2N=O)Oc2ccc(cc2Cl)C(N=O)C(N(CC)C(=O)CCCC)C(=O)NC(CC=O)C(=O)NC3CN)NC(=O)Cc2ccc(O)c1c2. The number of nitrogens with one attached hydrogen (secondary N) is 4. The van der Waals surface area contributed by atoms with Crippen LogP contribution in [0.3, 0.4) is 0 Å². The van der Waals surface area contributed by atoms with Gasteiger partial charge in [0.1, 0.15) is 48.1 Å². The van der Waals surface area contributed by atoms with Crippen LogP contribution in [0.5, 0.6) is 23.0 Å². The van der Waals surface area contributed by atoms with Gasteiger partial charge >= 0.3 is 0 Å². The van der Waals surface area contributed by atoms with E-state index in [0.29, 0.717) is 24.7 Å². The third kappa shape index (κ3) is 15.2. The topological polar surface area (TPSA) is 336 Å². The van der Waals surface area contributed by atoms with Gasteiger partial charge in [0.25, 0.3) is 0 Å². The first kappa shape index (κ1) is 59.6. The molecule has 3 aliphatic rings. The van der Waals surface area contributed by atoms with Crippen LogP contribution in [0.2, 0.25) is 5.02 Å². The van der Waals surface area contributed by atoms with E-state index < -0.39 is 84.1 Å². The first-order valence-corrected chi connectivity index (χ1v) is 24.9. The fourth-order valence-electron chi connectivity index (χ4n) is 8.56. The van der Waals surface area contributed by atoms with Crippen molar-refractivity contribution in [2.75, 3.05) is 13.1 Å². The van der Waals surface area contributed by atoms with Crippen molar-refractivity contribution in [2.24, 2.45) is 26.4 Å². The quantitative estimate of drug-likeness (QED) is 0.0381. The monoisotopic (exact) mass is 1100 g/mol. The third-order valence-corrected chi connectivity index (χ3v) is 12.8. The largest absolute Gasteiger partial charge is 0.507 e. The van der Waals surface area contributed by atoms with Crippen molar-refractivity contribution in [3.05, 3.63) is 149 Å². The van der Waals surface area contributed by atoms with E-state index in [1.165, 1.54) is 84.7 Å². The summed E-state index contributed by atoms with van der Waals surface area (Å²) in [7, 11) is 0. The molecule has 77 heavy (non-hydrogen) atoms. The summed E-state index contributed by atoms with van der Waals surface area (Å²) in [5.41, 5.74) is 7.95. The number of carbonyl (C=O) groups is 6. The number of nitrogens with two attached hydrogens (primary N) is 1. The smallest absolute Gasteiger partial charge is 0.246 e. The minimum atomic E-state index is -1.67. The average molecular weight is 1100 g/mol. The molecule has 3 aromatic carbocycles. The standard InChI is InChI=1S/C52H56Cl2N10O13/c1-5-7-10-45(68)64(6-2)48-46(61-73)32-12-14-41(36(54)24-32)77-43-26-33(39(27-55)59-50(69)37(16-19-65)58-52(48)71)25-42(47(43)62-74)76-28(3)20-31(15-17-53)22-38-51(70)60-49(63-75)34(9-8-18-56-72)29(4)35-21-30(11-13-40(35)66)23-44(67)57-38/h8-9,11-15,17-21,24-26,28,37-39,46,48-49,66H,4-7,10,16,22-23,27,55H2,1-3H3,(H,57,67)(H,58,71)(H,59,69)(H,60,70)/b17-15?,18-8+,31-20+,34-9+/t28?,37?,38-,39?,46?,48?,49?/m0/s1. The Bertz CT molecular complexity index is 2910. The predicted molar refractivity (Wildman–Crippen MR) is 287 cm³/mol. The highest BCUT2D eigenvalue weighted by atomic mass is 35.5. The summed E-state index contributed by atoms with van der Waals surface area (Å²) in [5.74, 6) is -4.74. The first-order chi connectivity index (χ1) is 37.0. The summed E-state index contributed by atoms with van der Waals surface area (Å²) >= 11 is 12.9. The van der Waals surface area contributed by atoms with E-state index in [1.807, 2.05) is 6.92 Å². The molecule has 0 aromatic heterocycles. The van der Waals surface area contributed by atoms with Gasteiger partial charge in [-0.1, -0.05) is 66.5 Å². The van der Waals surface area contributed by atoms with Crippen molar-refractivity contribution in [1.29, 1.82) is 0 Å². The number of rotatable bonds is 19. The lowest BCUT2D eigenvalue weighted by Gasteiger charge is -2.34. The van der Waals surface area contributed by atoms with Gasteiger partial charge in [0.05, 0.1) is 23.7 Å². The number of hydrogen-bond acceptors (Lipinski definition) is 18. The Kier molecular flexibility index (Phi) is 22.1. The van der Waals surface area contributed by atoms with Crippen LogP contribution in [0, 0.1) is 19.6 Å². The number of nitrogens with zero attached hydrogens (tertiary/aromatic N) is 5. The van der Waals surface area contributed by atoms with E-state index in [4.69, 9.17) is 38.4 Å². The molecule has 3 aliphatic heterocycles. The van der Waals surface area contributed by atoms with E-state index in [0.717, 1.165) is 11.7 Å². The summed E-state index contributed by atoms with van der Waals surface area (Å²) in [4.78, 5) is 132. The molecule has 25 heteroatoms. The van der Waals surface area contributed by atoms with Crippen molar-refractivity contribution in [1.82, 2.24) is 26.2 Å². The molecule has 3 heterocycles. The normalized spacial score (nSPS) is 21.4. The highest BCUT2D eigenvalue weighted by Gasteiger charge is 2.40. The van der Waals surface area contributed by atoms with Crippen molar-refractivity contribution >= 4 is 70.3 Å². The van der Waals surface area contributed by atoms with Crippen molar-refractivity contribution < 1.29 is 43.3 Å². The third-order valence-electron chi connectivity index (χ3n) is 12.3. The number of likely N-dealkylation sites (N-methyl/N-ethyl adjacent to an activating group) is 1. The minimum Gasteiger partial charge on any atom is -0.507 e. The van der Waals surface area contributed by atoms with Crippen LogP contribution in [0.15, 0.2) is 123 Å². The van der Waals surface area contributed by atoms with Gasteiger partial charge in [0.2, 0.25) is 29.5 Å². The molecule has 6 rings (SSSR count). The molecule has 0 spiro atoms. The van der Waals surface area contributed by atoms with Crippen LogP contribution in [0.1, 0.15) is 87.2 Å². The molecule has 23 nitrogen and oxygen atoms in total. The number of aldehydes is 1. The number of carbonyl (C=O) groups excluding carboxylic acids is 6. The second-order valence-electron chi connectivity index (χ2n) is 17.6. The molecule has 406 valence electrons. The van der Waals surface area contributed by atoms with Crippen molar-refractivity contribution in [2.45, 2.75) is 102 Å². The fourth-order valence-corrected chi connectivity index (χ4v) is 8.95. The number of allylic oxidation sites excluding steroid dienone is 3. The number of benzene rings is 3. The molecule has 0 saturated heterocycles. The molecule has 5 amide bonds. The van der Waals surface area contributed by atoms with Gasteiger partial charge in [-0.2, -0.15) is 4.91 Å². The number of amides is 5. The van der Waals surface area contributed by atoms with Crippen LogP contribution < -0.4 is 36.5 Å². The minimum absolute atomic E-state index is 0.0277. The van der Waals surface area contributed by atoms with Gasteiger partial charge in [0, 0.05) is 49.0 Å². The Morgan fingerprint density at radius 3 is 2.32 bits per heavy atom. The van der Waals surface area contributed by atoms with Crippen LogP contribution in [0.4, 0.5) is 5.69 Å². The number of ether oxygens (including phenoxy) is 2. The van der Waals surface area contributed by atoms with E-state index >= 15 is 0 Å². The van der Waals surface area contributed by atoms with Gasteiger partial charge < -0.3 is 51.3 Å². The maximum atomic E-state index is 14.3. The zero-order valence-electron chi connectivity index (χ0n) is 42.0. The zero-order chi connectivity index (χ0) is 56.3. The summed E-state index contributed by atoms with van der Waals surface area (Å²) in [6, 6.07) is 3.58. The number of hydrogen-bond donors (Lipinski definition) is 6. The lowest BCUT2D eigenvalue weighted by molar-refractivity contribution is -0.142.